The molecule has 3 aromatic rings. The molecular weight excluding hydrogens is 402 g/mol. The Kier molecular flexibility index (Phi) is 7.10. The van der Waals surface area contributed by atoms with E-state index in [-0.39, 0.29) is 24.7 Å². The molecule has 0 saturated heterocycles. The van der Waals surface area contributed by atoms with Crippen LogP contribution in [-0.4, -0.2) is 44.8 Å². The molecule has 0 fully saturated rings. The van der Waals surface area contributed by atoms with Crippen molar-refractivity contribution >= 4 is 11.8 Å². The molecule has 9 heteroatoms. The van der Waals surface area contributed by atoms with E-state index in [1.165, 1.54) is 27.4 Å². The molecule has 0 saturated carbocycles. The highest BCUT2D eigenvalue weighted by Gasteiger charge is 2.16. The Morgan fingerprint density at radius 1 is 0.935 bits per heavy atom. The number of carbonyl (C=O) groups excluding carboxylic acids is 2. The Hall–Kier alpha value is -4.01. The van der Waals surface area contributed by atoms with E-state index in [9.17, 15) is 9.59 Å². The first-order chi connectivity index (χ1) is 15.0. The van der Waals surface area contributed by atoms with Crippen molar-refractivity contribution in [1.82, 2.24) is 15.8 Å². The van der Waals surface area contributed by atoms with Crippen molar-refractivity contribution < 1.29 is 28.3 Å². The van der Waals surface area contributed by atoms with Crippen LogP contribution >= 0.6 is 0 Å². The van der Waals surface area contributed by atoms with Gasteiger partial charge in [0.15, 0.2) is 11.5 Å². The second-order valence-electron chi connectivity index (χ2n) is 6.41. The highest BCUT2D eigenvalue weighted by molar-refractivity contribution is 5.95. The summed E-state index contributed by atoms with van der Waals surface area (Å²) in [6.45, 7) is -0.0830. The van der Waals surface area contributed by atoms with Crippen molar-refractivity contribution in [3.8, 4) is 28.6 Å². The van der Waals surface area contributed by atoms with Gasteiger partial charge in [0.2, 0.25) is 5.91 Å². The van der Waals surface area contributed by atoms with E-state index in [1.54, 1.807) is 12.1 Å². The van der Waals surface area contributed by atoms with Crippen LogP contribution < -0.4 is 24.8 Å². The lowest BCUT2D eigenvalue weighted by Gasteiger charge is -2.15. The Morgan fingerprint density at radius 3 is 2.23 bits per heavy atom. The van der Waals surface area contributed by atoms with Gasteiger partial charge in [-0.3, -0.25) is 9.59 Å². The molecule has 0 aliphatic heterocycles. The number of hydrogen-bond acceptors (Lipinski definition) is 7. The number of ether oxygens (including phenoxy) is 3. The Morgan fingerprint density at radius 2 is 1.61 bits per heavy atom. The molecule has 0 spiro atoms. The Bertz CT molecular complexity index is 1020. The maximum absolute atomic E-state index is 12.3. The summed E-state index contributed by atoms with van der Waals surface area (Å²) in [5, 5.41) is 9.01. The summed E-state index contributed by atoms with van der Waals surface area (Å²) < 4.78 is 21.1. The summed E-state index contributed by atoms with van der Waals surface area (Å²) in [6, 6.07) is 14.2. The smallest absolute Gasteiger partial charge is 0.273 e. The monoisotopic (exact) mass is 425 g/mol. The van der Waals surface area contributed by atoms with Gasteiger partial charge in [0, 0.05) is 23.8 Å². The molecule has 1 aromatic heterocycles. The molecule has 0 aliphatic carbocycles. The molecule has 162 valence electrons. The summed E-state index contributed by atoms with van der Waals surface area (Å²) in [6.07, 6.45) is 0. The average molecular weight is 425 g/mol. The highest BCUT2D eigenvalue weighted by Crippen LogP contribution is 2.33. The standard InChI is InChI=1S/C22H23N3O6/c1-28-15-9-19(29-2)16(20(10-15)30-3)12-23-21(26)13-24-22(27)17-11-18(31-25-17)14-7-5-4-6-8-14/h4-11H,12-13H2,1-3H3,(H,23,26)(H,24,27). The number of methoxy groups -OCH3 is 3. The van der Waals surface area contributed by atoms with Crippen LogP contribution in [0.4, 0.5) is 0 Å². The maximum Gasteiger partial charge on any atom is 0.273 e. The molecule has 0 atom stereocenters. The van der Waals surface area contributed by atoms with Gasteiger partial charge in [-0.15, -0.1) is 0 Å². The van der Waals surface area contributed by atoms with Crippen LogP contribution in [-0.2, 0) is 11.3 Å². The lowest BCUT2D eigenvalue weighted by Crippen LogP contribution is -2.36. The summed E-state index contributed by atoms with van der Waals surface area (Å²) in [5.41, 5.74) is 1.54. The van der Waals surface area contributed by atoms with E-state index < -0.39 is 5.91 Å². The molecule has 2 amide bonds. The van der Waals surface area contributed by atoms with Crippen LogP contribution in [0.25, 0.3) is 11.3 Å². The number of carbonyl (C=O) groups is 2. The predicted octanol–water partition coefficient (Wildman–Crippen LogP) is 2.41. The second kappa shape index (κ2) is 10.1. The molecule has 0 unspecified atom stereocenters. The fourth-order valence-electron chi connectivity index (χ4n) is 2.87. The average Bonchev–Trinajstić information content (AvgIpc) is 3.31. The first kappa shape index (κ1) is 21.7. The summed E-state index contributed by atoms with van der Waals surface area (Å²) in [4.78, 5) is 24.5. The van der Waals surface area contributed by atoms with Crippen LogP contribution in [0, 0.1) is 0 Å². The lowest BCUT2D eigenvalue weighted by molar-refractivity contribution is -0.120. The van der Waals surface area contributed by atoms with Gasteiger partial charge in [0.25, 0.3) is 5.91 Å². The fourth-order valence-corrected chi connectivity index (χ4v) is 2.87. The zero-order valence-electron chi connectivity index (χ0n) is 17.4. The third-order valence-corrected chi connectivity index (χ3v) is 4.49. The third kappa shape index (κ3) is 5.33. The van der Waals surface area contributed by atoms with Gasteiger partial charge in [-0.25, -0.2) is 0 Å². The topological polar surface area (TPSA) is 112 Å². The van der Waals surface area contributed by atoms with Gasteiger partial charge >= 0.3 is 0 Å². The van der Waals surface area contributed by atoms with E-state index in [0.717, 1.165) is 5.56 Å². The van der Waals surface area contributed by atoms with E-state index in [4.69, 9.17) is 18.7 Å². The van der Waals surface area contributed by atoms with Crippen LogP contribution in [0.5, 0.6) is 17.2 Å². The van der Waals surface area contributed by atoms with Crippen molar-refractivity contribution in [2.45, 2.75) is 6.54 Å². The van der Waals surface area contributed by atoms with Gasteiger partial charge < -0.3 is 29.4 Å². The molecule has 31 heavy (non-hydrogen) atoms. The number of nitrogens with one attached hydrogen (secondary N) is 2. The second-order valence-corrected chi connectivity index (χ2v) is 6.41. The number of amides is 2. The molecule has 9 nitrogen and oxygen atoms in total. The minimum atomic E-state index is -0.513. The Balaban J connectivity index is 1.56. The van der Waals surface area contributed by atoms with Gasteiger partial charge in [-0.1, -0.05) is 35.5 Å². The molecule has 2 aromatic carbocycles. The summed E-state index contributed by atoms with van der Waals surface area (Å²) in [7, 11) is 4.57. The first-order valence-corrected chi connectivity index (χ1v) is 9.41. The molecule has 0 aliphatic rings. The SMILES string of the molecule is COc1cc(OC)c(CNC(=O)CNC(=O)c2cc(-c3ccccc3)on2)c(OC)c1. The molecule has 3 rings (SSSR count). The maximum atomic E-state index is 12.3. The van der Waals surface area contributed by atoms with Crippen molar-refractivity contribution in [2.24, 2.45) is 0 Å². The minimum absolute atomic E-state index is 0.0881. The highest BCUT2D eigenvalue weighted by atomic mass is 16.5. The van der Waals surface area contributed by atoms with Gasteiger partial charge in [-0.05, 0) is 0 Å². The number of hydrogen-bond donors (Lipinski definition) is 2. The molecule has 1 heterocycles. The van der Waals surface area contributed by atoms with E-state index in [1.807, 2.05) is 30.3 Å². The number of rotatable bonds is 9. The summed E-state index contributed by atoms with van der Waals surface area (Å²) >= 11 is 0. The first-order valence-electron chi connectivity index (χ1n) is 9.41. The van der Waals surface area contributed by atoms with Gasteiger partial charge in [0.05, 0.1) is 40.0 Å². The third-order valence-electron chi connectivity index (χ3n) is 4.49. The normalized spacial score (nSPS) is 10.3. The number of benzene rings is 2. The molecule has 0 bridgehead atoms. The van der Waals surface area contributed by atoms with Gasteiger partial charge in [0.1, 0.15) is 17.2 Å². The van der Waals surface area contributed by atoms with Crippen LogP contribution in [0.1, 0.15) is 16.1 Å². The van der Waals surface area contributed by atoms with Crippen molar-refractivity contribution in [1.29, 1.82) is 0 Å². The van der Waals surface area contributed by atoms with E-state index in [0.29, 0.717) is 28.6 Å². The quantitative estimate of drug-likeness (QED) is 0.541. The lowest BCUT2D eigenvalue weighted by atomic mass is 10.1. The molecular formula is C22H23N3O6. The van der Waals surface area contributed by atoms with Crippen LogP contribution in [0.3, 0.4) is 0 Å². The van der Waals surface area contributed by atoms with Crippen LogP contribution in [0.2, 0.25) is 0 Å². The van der Waals surface area contributed by atoms with E-state index >= 15 is 0 Å². The zero-order chi connectivity index (χ0) is 22.2. The molecule has 2 N–H and O–H groups in total. The molecule has 0 radical (unpaired) electrons. The fraction of sp³-hybridized carbons (Fsp3) is 0.227. The number of nitrogens with zero attached hydrogens (tertiary/aromatic N) is 1. The van der Waals surface area contributed by atoms with Crippen LogP contribution in [0.15, 0.2) is 53.1 Å². The zero-order valence-corrected chi connectivity index (χ0v) is 17.4. The van der Waals surface area contributed by atoms with Crippen molar-refractivity contribution in [3.05, 3.63) is 59.8 Å². The largest absolute Gasteiger partial charge is 0.496 e. The van der Waals surface area contributed by atoms with Crippen molar-refractivity contribution in [2.75, 3.05) is 27.9 Å². The van der Waals surface area contributed by atoms with E-state index in [2.05, 4.69) is 15.8 Å². The number of aromatic nitrogens is 1. The van der Waals surface area contributed by atoms with Gasteiger partial charge in [-0.2, -0.15) is 0 Å². The van der Waals surface area contributed by atoms with Crippen molar-refractivity contribution in [3.63, 3.8) is 0 Å². The predicted molar refractivity (Wildman–Crippen MR) is 112 cm³/mol. The minimum Gasteiger partial charge on any atom is -0.496 e. The Labute approximate surface area is 179 Å². The summed E-state index contributed by atoms with van der Waals surface area (Å²) in [5.74, 6) is 1.15.